The second-order valence-corrected chi connectivity index (χ2v) is 5.73. The average molecular weight is 266 g/mol. The number of Topliss-reactive ketones (excluding diaryl/α,β-unsaturated/α-hetero) is 3. The van der Waals surface area contributed by atoms with Gasteiger partial charge in [0.25, 0.3) is 0 Å². The number of rotatable bonds is 1. The van der Waals surface area contributed by atoms with Gasteiger partial charge in [0.05, 0.1) is 13.2 Å². The average Bonchev–Trinajstić information content (AvgIpc) is 2.86. The fraction of sp³-hybridized carbons (Fsp3) is 0.786. The van der Waals surface area contributed by atoms with Crippen molar-refractivity contribution < 1.29 is 23.9 Å². The SMILES string of the molecule is O=C1CCC(C2CCC3(OCCO3)C(=O)C2)CC1=O. The van der Waals surface area contributed by atoms with Crippen LogP contribution in [0.3, 0.4) is 0 Å². The second kappa shape index (κ2) is 4.80. The van der Waals surface area contributed by atoms with Crippen LogP contribution in [0.25, 0.3) is 0 Å². The molecule has 1 spiro atoms. The fourth-order valence-electron chi connectivity index (χ4n) is 3.49. The molecule has 3 aliphatic rings. The van der Waals surface area contributed by atoms with Crippen LogP contribution in [0.2, 0.25) is 0 Å². The molecule has 1 heterocycles. The fourth-order valence-corrected chi connectivity index (χ4v) is 3.49. The summed E-state index contributed by atoms with van der Waals surface area (Å²) in [5.74, 6) is -1.14. The Balaban J connectivity index is 1.64. The highest BCUT2D eigenvalue weighted by Gasteiger charge is 2.49. The van der Waals surface area contributed by atoms with E-state index in [1.54, 1.807) is 0 Å². The quantitative estimate of drug-likeness (QED) is 0.663. The lowest BCUT2D eigenvalue weighted by molar-refractivity contribution is -0.192. The predicted molar refractivity (Wildman–Crippen MR) is 64.3 cm³/mol. The van der Waals surface area contributed by atoms with Crippen molar-refractivity contribution in [3.63, 3.8) is 0 Å². The molecule has 5 nitrogen and oxygen atoms in total. The molecular formula is C14H18O5. The van der Waals surface area contributed by atoms with Gasteiger partial charge in [-0.05, 0) is 24.7 Å². The molecule has 3 rings (SSSR count). The summed E-state index contributed by atoms with van der Waals surface area (Å²) in [6.45, 7) is 0.958. The highest BCUT2D eigenvalue weighted by Crippen LogP contribution is 2.41. The molecule has 0 aromatic heterocycles. The van der Waals surface area contributed by atoms with Gasteiger partial charge < -0.3 is 9.47 Å². The van der Waals surface area contributed by atoms with E-state index < -0.39 is 5.79 Å². The largest absolute Gasteiger partial charge is 0.341 e. The number of hydrogen-bond donors (Lipinski definition) is 0. The normalized spacial score (nSPS) is 35.1. The topological polar surface area (TPSA) is 69.7 Å². The van der Waals surface area contributed by atoms with Crippen molar-refractivity contribution in [1.29, 1.82) is 0 Å². The third kappa shape index (κ3) is 2.25. The van der Waals surface area contributed by atoms with Crippen molar-refractivity contribution in [2.75, 3.05) is 13.2 Å². The highest BCUT2D eigenvalue weighted by molar-refractivity contribution is 6.37. The molecule has 2 saturated carbocycles. The zero-order chi connectivity index (χ0) is 13.5. The maximum Gasteiger partial charge on any atom is 0.229 e. The Bertz CT molecular complexity index is 422. The first-order valence-corrected chi connectivity index (χ1v) is 6.98. The molecule has 0 aromatic rings. The van der Waals surface area contributed by atoms with Crippen LogP contribution in [0.4, 0.5) is 0 Å². The minimum absolute atomic E-state index is 0.00518. The molecule has 3 fully saturated rings. The summed E-state index contributed by atoms with van der Waals surface area (Å²) in [6.07, 6.45) is 3.20. The zero-order valence-corrected chi connectivity index (χ0v) is 10.9. The van der Waals surface area contributed by atoms with E-state index in [0.29, 0.717) is 38.9 Å². The van der Waals surface area contributed by atoms with Gasteiger partial charge in [0.1, 0.15) is 0 Å². The van der Waals surface area contributed by atoms with Crippen LogP contribution < -0.4 is 0 Å². The predicted octanol–water partition coefficient (Wildman–Crippen LogP) is 1.04. The van der Waals surface area contributed by atoms with E-state index in [0.717, 1.165) is 12.8 Å². The summed E-state index contributed by atoms with van der Waals surface area (Å²) in [5, 5.41) is 0. The van der Waals surface area contributed by atoms with Gasteiger partial charge in [0, 0.05) is 25.7 Å². The minimum atomic E-state index is -0.995. The van der Waals surface area contributed by atoms with Crippen molar-refractivity contribution in [3.05, 3.63) is 0 Å². The van der Waals surface area contributed by atoms with Gasteiger partial charge in [-0.2, -0.15) is 0 Å². The van der Waals surface area contributed by atoms with Crippen molar-refractivity contribution in [3.8, 4) is 0 Å². The van der Waals surface area contributed by atoms with E-state index in [4.69, 9.17) is 9.47 Å². The number of hydrogen-bond acceptors (Lipinski definition) is 5. The molecule has 19 heavy (non-hydrogen) atoms. The molecule has 0 N–H and O–H groups in total. The van der Waals surface area contributed by atoms with Crippen LogP contribution in [0, 0.1) is 11.8 Å². The first-order chi connectivity index (χ1) is 9.11. The van der Waals surface area contributed by atoms with E-state index in [9.17, 15) is 14.4 Å². The van der Waals surface area contributed by atoms with Gasteiger partial charge in [0.15, 0.2) is 17.3 Å². The third-order valence-electron chi connectivity index (χ3n) is 4.64. The summed E-state index contributed by atoms with van der Waals surface area (Å²) in [7, 11) is 0. The molecule has 2 atom stereocenters. The summed E-state index contributed by atoms with van der Waals surface area (Å²) >= 11 is 0. The van der Waals surface area contributed by atoms with E-state index in [1.807, 2.05) is 0 Å². The van der Waals surface area contributed by atoms with E-state index in [1.165, 1.54) is 0 Å². The summed E-state index contributed by atoms with van der Waals surface area (Å²) in [6, 6.07) is 0. The van der Waals surface area contributed by atoms with Crippen LogP contribution in [0.1, 0.15) is 38.5 Å². The summed E-state index contributed by atoms with van der Waals surface area (Å²) < 4.78 is 10.9. The Morgan fingerprint density at radius 1 is 0.895 bits per heavy atom. The standard InChI is InChI=1S/C14H18O5/c15-11-2-1-9(7-12(11)16)10-3-4-14(13(17)8-10)18-5-6-19-14/h9-10H,1-8H2. The number of ketones is 3. The van der Waals surface area contributed by atoms with Crippen molar-refractivity contribution in [2.45, 2.75) is 44.3 Å². The smallest absolute Gasteiger partial charge is 0.229 e. The van der Waals surface area contributed by atoms with Crippen molar-refractivity contribution >= 4 is 17.3 Å². The Morgan fingerprint density at radius 3 is 2.21 bits per heavy atom. The lowest BCUT2D eigenvalue weighted by atomic mass is 9.71. The van der Waals surface area contributed by atoms with Crippen LogP contribution in [-0.4, -0.2) is 36.4 Å². The molecule has 1 aliphatic heterocycles. The van der Waals surface area contributed by atoms with Gasteiger partial charge in [-0.25, -0.2) is 0 Å². The lowest BCUT2D eigenvalue weighted by Gasteiger charge is -2.37. The van der Waals surface area contributed by atoms with Crippen LogP contribution in [-0.2, 0) is 23.9 Å². The minimum Gasteiger partial charge on any atom is -0.341 e. The molecule has 0 bridgehead atoms. The highest BCUT2D eigenvalue weighted by atomic mass is 16.7. The molecule has 0 aromatic carbocycles. The number of carbonyl (C=O) groups excluding carboxylic acids is 3. The zero-order valence-electron chi connectivity index (χ0n) is 10.9. The number of carbonyl (C=O) groups is 3. The third-order valence-corrected chi connectivity index (χ3v) is 4.64. The maximum atomic E-state index is 12.2. The van der Waals surface area contributed by atoms with Crippen LogP contribution in [0.5, 0.6) is 0 Å². The van der Waals surface area contributed by atoms with E-state index >= 15 is 0 Å². The monoisotopic (exact) mass is 266 g/mol. The maximum absolute atomic E-state index is 12.2. The van der Waals surface area contributed by atoms with Crippen molar-refractivity contribution in [2.24, 2.45) is 11.8 Å². The molecule has 104 valence electrons. The van der Waals surface area contributed by atoms with Crippen molar-refractivity contribution in [1.82, 2.24) is 0 Å². The van der Waals surface area contributed by atoms with Gasteiger partial charge in [-0.3, -0.25) is 14.4 Å². The molecule has 0 amide bonds. The van der Waals surface area contributed by atoms with Gasteiger partial charge in [-0.15, -0.1) is 0 Å². The Hall–Kier alpha value is -1.07. The summed E-state index contributed by atoms with van der Waals surface area (Å²) in [5.41, 5.74) is 0. The Morgan fingerprint density at radius 2 is 1.58 bits per heavy atom. The molecule has 2 aliphatic carbocycles. The molecule has 5 heteroatoms. The molecule has 2 unspecified atom stereocenters. The molecule has 1 saturated heterocycles. The molecule has 0 radical (unpaired) electrons. The van der Waals surface area contributed by atoms with Gasteiger partial charge in [0.2, 0.25) is 5.79 Å². The first-order valence-electron chi connectivity index (χ1n) is 6.98. The van der Waals surface area contributed by atoms with Gasteiger partial charge in [-0.1, -0.05) is 0 Å². The molecular weight excluding hydrogens is 248 g/mol. The second-order valence-electron chi connectivity index (χ2n) is 5.73. The summed E-state index contributed by atoms with van der Waals surface area (Å²) in [4.78, 5) is 34.9. The Labute approximate surface area is 111 Å². The van der Waals surface area contributed by atoms with Crippen LogP contribution in [0.15, 0.2) is 0 Å². The Kier molecular flexibility index (Phi) is 3.27. The van der Waals surface area contributed by atoms with Crippen LogP contribution >= 0.6 is 0 Å². The van der Waals surface area contributed by atoms with E-state index in [-0.39, 0.29) is 29.2 Å². The number of ether oxygens (including phenoxy) is 2. The van der Waals surface area contributed by atoms with E-state index in [2.05, 4.69) is 0 Å². The van der Waals surface area contributed by atoms with Gasteiger partial charge >= 0.3 is 0 Å². The lowest BCUT2D eigenvalue weighted by Crippen LogP contribution is -2.46. The first kappa shape index (κ1) is 12.9.